The third-order valence-electron chi connectivity index (χ3n) is 4.08. The van der Waals surface area contributed by atoms with Crippen LogP contribution in [0.15, 0.2) is 0 Å². The van der Waals surface area contributed by atoms with Gasteiger partial charge in [-0.25, -0.2) is 0 Å². The summed E-state index contributed by atoms with van der Waals surface area (Å²) >= 11 is 0. The number of hydrogen-bond acceptors (Lipinski definition) is 3. The highest BCUT2D eigenvalue weighted by Gasteiger charge is 2.12. The Morgan fingerprint density at radius 1 is 1.06 bits per heavy atom. The van der Waals surface area contributed by atoms with Crippen LogP contribution in [-0.4, -0.2) is 62.2 Å². The van der Waals surface area contributed by atoms with Crippen molar-refractivity contribution in [2.45, 2.75) is 52.0 Å². The van der Waals surface area contributed by atoms with E-state index in [2.05, 4.69) is 36.0 Å². The smallest absolute Gasteiger partial charge is 0.0110 e. The number of unbranched alkanes of at least 4 members (excludes halogenated alkanes) is 1. The Morgan fingerprint density at radius 2 is 1.78 bits per heavy atom. The minimum absolute atomic E-state index is 0.748. The molecule has 0 aromatic rings. The van der Waals surface area contributed by atoms with Crippen molar-refractivity contribution in [2.75, 3.05) is 46.3 Å². The number of piperazine rings is 1. The fraction of sp³-hybridized carbons (Fsp3) is 1.00. The summed E-state index contributed by atoms with van der Waals surface area (Å²) < 4.78 is 0. The monoisotopic (exact) mass is 255 g/mol. The first-order valence-corrected chi connectivity index (χ1v) is 7.90. The molecular formula is C15H33N3. The van der Waals surface area contributed by atoms with Crippen molar-refractivity contribution >= 4 is 0 Å². The van der Waals surface area contributed by atoms with Gasteiger partial charge in [0.15, 0.2) is 0 Å². The summed E-state index contributed by atoms with van der Waals surface area (Å²) in [5, 5.41) is 3.72. The predicted molar refractivity (Wildman–Crippen MR) is 80.2 cm³/mol. The van der Waals surface area contributed by atoms with Crippen LogP contribution in [0.4, 0.5) is 0 Å². The SMILES string of the molecule is CCCCC(CC)NCCCN1CCN(C)CC1. The third-order valence-corrected chi connectivity index (χ3v) is 4.08. The van der Waals surface area contributed by atoms with Gasteiger partial charge in [0.25, 0.3) is 0 Å². The fourth-order valence-corrected chi connectivity index (χ4v) is 2.58. The van der Waals surface area contributed by atoms with Gasteiger partial charge in [-0.1, -0.05) is 26.7 Å². The zero-order valence-corrected chi connectivity index (χ0v) is 12.7. The zero-order valence-electron chi connectivity index (χ0n) is 12.7. The maximum Gasteiger partial charge on any atom is 0.0110 e. The van der Waals surface area contributed by atoms with Crippen LogP contribution in [0.1, 0.15) is 46.0 Å². The number of likely N-dealkylation sites (N-methyl/N-ethyl adjacent to an activating group) is 1. The van der Waals surface area contributed by atoms with Gasteiger partial charge in [-0.05, 0) is 39.4 Å². The van der Waals surface area contributed by atoms with Crippen molar-refractivity contribution in [3.63, 3.8) is 0 Å². The number of rotatable bonds is 9. The Balaban J connectivity index is 1.99. The van der Waals surface area contributed by atoms with Crippen LogP contribution in [-0.2, 0) is 0 Å². The van der Waals surface area contributed by atoms with Crippen LogP contribution in [0.25, 0.3) is 0 Å². The average Bonchev–Trinajstić information content (AvgIpc) is 2.40. The number of nitrogens with zero attached hydrogens (tertiary/aromatic N) is 2. The largest absolute Gasteiger partial charge is 0.314 e. The molecular weight excluding hydrogens is 222 g/mol. The van der Waals surface area contributed by atoms with Gasteiger partial charge < -0.3 is 15.1 Å². The van der Waals surface area contributed by atoms with Crippen LogP contribution in [0.3, 0.4) is 0 Å². The molecule has 0 bridgehead atoms. The van der Waals surface area contributed by atoms with E-state index in [1.165, 1.54) is 71.4 Å². The first-order valence-electron chi connectivity index (χ1n) is 7.90. The molecule has 1 heterocycles. The molecule has 1 fully saturated rings. The van der Waals surface area contributed by atoms with Crippen molar-refractivity contribution in [2.24, 2.45) is 0 Å². The Bertz CT molecular complexity index is 181. The van der Waals surface area contributed by atoms with E-state index in [1.807, 2.05) is 0 Å². The molecule has 0 spiro atoms. The quantitative estimate of drug-likeness (QED) is 0.637. The third kappa shape index (κ3) is 6.72. The first-order chi connectivity index (χ1) is 8.76. The van der Waals surface area contributed by atoms with E-state index in [1.54, 1.807) is 0 Å². The van der Waals surface area contributed by atoms with Crippen molar-refractivity contribution in [1.82, 2.24) is 15.1 Å². The van der Waals surface area contributed by atoms with E-state index in [9.17, 15) is 0 Å². The fourth-order valence-electron chi connectivity index (χ4n) is 2.58. The summed E-state index contributed by atoms with van der Waals surface area (Å²) in [6, 6.07) is 0.748. The zero-order chi connectivity index (χ0) is 13.2. The molecule has 0 aromatic carbocycles. The van der Waals surface area contributed by atoms with E-state index in [0.29, 0.717) is 0 Å². The van der Waals surface area contributed by atoms with E-state index in [4.69, 9.17) is 0 Å². The molecule has 3 heteroatoms. The summed E-state index contributed by atoms with van der Waals surface area (Å²) in [5.74, 6) is 0. The summed E-state index contributed by atoms with van der Waals surface area (Å²) in [6.45, 7) is 12.0. The second-order valence-electron chi connectivity index (χ2n) is 5.70. The lowest BCUT2D eigenvalue weighted by atomic mass is 10.1. The van der Waals surface area contributed by atoms with Crippen molar-refractivity contribution in [3.05, 3.63) is 0 Å². The van der Waals surface area contributed by atoms with Gasteiger partial charge in [0.05, 0.1) is 0 Å². The lowest BCUT2D eigenvalue weighted by Gasteiger charge is -2.32. The van der Waals surface area contributed by atoms with Gasteiger partial charge in [-0.15, -0.1) is 0 Å². The summed E-state index contributed by atoms with van der Waals surface area (Å²) in [4.78, 5) is 5.03. The molecule has 1 aliphatic rings. The lowest BCUT2D eigenvalue weighted by Crippen LogP contribution is -2.45. The molecule has 0 radical (unpaired) electrons. The highest BCUT2D eigenvalue weighted by Crippen LogP contribution is 2.04. The van der Waals surface area contributed by atoms with Gasteiger partial charge in [0.2, 0.25) is 0 Å². The lowest BCUT2D eigenvalue weighted by molar-refractivity contribution is 0.152. The van der Waals surface area contributed by atoms with E-state index >= 15 is 0 Å². The maximum absolute atomic E-state index is 3.72. The molecule has 1 atom stereocenters. The highest BCUT2D eigenvalue weighted by atomic mass is 15.2. The second-order valence-corrected chi connectivity index (χ2v) is 5.70. The molecule has 0 aromatic heterocycles. The molecule has 0 saturated carbocycles. The van der Waals surface area contributed by atoms with Gasteiger partial charge >= 0.3 is 0 Å². The molecule has 1 N–H and O–H groups in total. The van der Waals surface area contributed by atoms with Crippen LogP contribution < -0.4 is 5.32 Å². The van der Waals surface area contributed by atoms with Crippen molar-refractivity contribution < 1.29 is 0 Å². The molecule has 1 rings (SSSR count). The van der Waals surface area contributed by atoms with Gasteiger partial charge in [-0.2, -0.15) is 0 Å². The standard InChI is InChI=1S/C15H33N3/c1-4-6-8-15(5-2)16-9-7-10-18-13-11-17(3)12-14-18/h15-16H,4-14H2,1-3H3. The molecule has 0 amide bonds. The molecule has 1 unspecified atom stereocenters. The highest BCUT2D eigenvalue weighted by molar-refractivity contribution is 4.70. The van der Waals surface area contributed by atoms with E-state index < -0.39 is 0 Å². The Labute approximate surface area is 114 Å². The van der Waals surface area contributed by atoms with E-state index in [0.717, 1.165) is 6.04 Å². The van der Waals surface area contributed by atoms with Crippen LogP contribution in [0.5, 0.6) is 0 Å². The van der Waals surface area contributed by atoms with Crippen molar-refractivity contribution in [1.29, 1.82) is 0 Å². The normalized spacial score (nSPS) is 20.2. The van der Waals surface area contributed by atoms with Crippen LogP contribution in [0, 0.1) is 0 Å². The molecule has 108 valence electrons. The molecule has 0 aliphatic carbocycles. The summed E-state index contributed by atoms with van der Waals surface area (Å²) in [5.41, 5.74) is 0. The number of hydrogen-bond donors (Lipinski definition) is 1. The second kappa shape index (κ2) is 9.76. The van der Waals surface area contributed by atoms with Gasteiger partial charge in [-0.3, -0.25) is 0 Å². The molecule has 3 nitrogen and oxygen atoms in total. The number of nitrogens with one attached hydrogen (secondary N) is 1. The minimum Gasteiger partial charge on any atom is -0.314 e. The Morgan fingerprint density at radius 3 is 2.39 bits per heavy atom. The topological polar surface area (TPSA) is 18.5 Å². The molecule has 18 heavy (non-hydrogen) atoms. The van der Waals surface area contributed by atoms with E-state index in [-0.39, 0.29) is 0 Å². The van der Waals surface area contributed by atoms with Crippen LogP contribution in [0.2, 0.25) is 0 Å². The summed E-state index contributed by atoms with van der Waals surface area (Å²) in [6.07, 6.45) is 6.60. The summed E-state index contributed by atoms with van der Waals surface area (Å²) in [7, 11) is 2.22. The maximum atomic E-state index is 3.72. The average molecular weight is 255 g/mol. The molecule has 1 saturated heterocycles. The predicted octanol–water partition coefficient (Wildman–Crippen LogP) is 2.18. The minimum atomic E-state index is 0.748. The van der Waals surface area contributed by atoms with Gasteiger partial charge in [0.1, 0.15) is 0 Å². The Hall–Kier alpha value is -0.120. The van der Waals surface area contributed by atoms with Crippen LogP contribution >= 0.6 is 0 Å². The first kappa shape index (κ1) is 15.9. The van der Waals surface area contributed by atoms with Gasteiger partial charge in [0, 0.05) is 32.2 Å². The van der Waals surface area contributed by atoms with Crippen molar-refractivity contribution in [3.8, 4) is 0 Å². The molecule has 1 aliphatic heterocycles. The Kier molecular flexibility index (Phi) is 8.64.